The van der Waals surface area contributed by atoms with Crippen LogP contribution < -0.4 is 5.32 Å². The fourth-order valence-corrected chi connectivity index (χ4v) is 3.52. The van der Waals surface area contributed by atoms with Crippen molar-refractivity contribution in [1.29, 1.82) is 0 Å². The molecular formula is C11H21N. The molecule has 1 nitrogen and oxygen atoms in total. The Kier molecular flexibility index (Phi) is 2.16. The van der Waals surface area contributed by atoms with Gasteiger partial charge in [0.25, 0.3) is 0 Å². The van der Waals surface area contributed by atoms with Crippen LogP contribution >= 0.6 is 0 Å². The van der Waals surface area contributed by atoms with Crippen molar-refractivity contribution >= 4 is 0 Å². The fourth-order valence-electron chi connectivity index (χ4n) is 3.52. The van der Waals surface area contributed by atoms with E-state index in [1.54, 1.807) is 0 Å². The molecule has 0 amide bonds. The SMILES string of the molecule is CN[C@@]12CCC[C@@H](C[C@H](C)C1)C2. The van der Waals surface area contributed by atoms with E-state index in [9.17, 15) is 0 Å². The molecule has 2 fully saturated rings. The lowest BCUT2D eigenvalue weighted by Crippen LogP contribution is -2.51. The quantitative estimate of drug-likeness (QED) is 0.633. The highest BCUT2D eigenvalue weighted by atomic mass is 14.9. The maximum Gasteiger partial charge on any atom is 0.0183 e. The minimum absolute atomic E-state index is 0.542. The average molecular weight is 167 g/mol. The van der Waals surface area contributed by atoms with Gasteiger partial charge >= 0.3 is 0 Å². The van der Waals surface area contributed by atoms with Crippen molar-refractivity contribution in [2.75, 3.05) is 7.05 Å². The molecule has 1 N–H and O–H groups in total. The third-order valence-electron chi connectivity index (χ3n) is 3.95. The largest absolute Gasteiger partial charge is 0.314 e. The van der Waals surface area contributed by atoms with Gasteiger partial charge in [-0.25, -0.2) is 0 Å². The van der Waals surface area contributed by atoms with Crippen molar-refractivity contribution in [2.24, 2.45) is 11.8 Å². The maximum absolute atomic E-state index is 3.58. The Morgan fingerprint density at radius 1 is 1.33 bits per heavy atom. The molecule has 0 spiro atoms. The van der Waals surface area contributed by atoms with E-state index in [2.05, 4.69) is 19.3 Å². The summed E-state index contributed by atoms with van der Waals surface area (Å²) in [6.07, 6.45) is 8.73. The number of fused-ring (bicyclic) bond motifs is 2. The first-order valence-corrected chi connectivity index (χ1v) is 5.43. The Bertz CT molecular complexity index is 162. The second-order valence-corrected chi connectivity index (χ2v) is 5.04. The van der Waals surface area contributed by atoms with Crippen molar-refractivity contribution in [1.82, 2.24) is 5.32 Å². The van der Waals surface area contributed by atoms with Gasteiger partial charge in [-0.05, 0) is 44.6 Å². The zero-order valence-corrected chi connectivity index (χ0v) is 8.40. The fraction of sp³-hybridized carbons (Fsp3) is 1.00. The van der Waals surface area contributed by atoms with E-state index >= 15 is 0 Å². The van der Waals surface area contributed by atoms with Crippen molar-refractivity contribution in [2.45, 2.75) is 51.0 Å². The highest BCUT2D eigenvalue weighted by molar-refractivity contribution is 4.97. The standard InChI is InChI=1S/C11H21N/c1-9-6-10-4-3-5-11(7-9,8-10)12-2/h9-10,12H,3-8H2,1-2H3/t9-,10-,11-/m0/s1. The van der Waals surface area contributed by atoms with Crippen LogP contribution in [0.25, 0.3) is 0 Å². The van der Waals surface area contributed by atoms with Crippen molar-refractivity contribution in [3.8, 4) is 0 Å². The molecule has 0 heterocycles. The molecule has 0 aliphatic heterocycles. The average Bonchev–Trinajstić information content (AvgIpc) is 2.03. The van der Waals surface area contributed by atoms with Crippen LogP contribution in [-0.2, 0) is 0 Å². The van der Waals surface area contributed by atoms with E-state index < -0.39 is 0 Å². The molecule has 1 heteroatoms. The first kappa shape index (κ1) is 8.55. The molecule has 0 unspecified atom stereocenters. The second kappa shape index (κ2) is 3.02. The third-order valence-corrected chi connectivity index (χ3v) is 3.95. The van der Waals surface area contributed by atoms with E-state index in [0.717, 1.165) is 11.8 Å². The smallest absolute Gasteiger partial charge is 0.0183 e. The van der Waals surface area contributed by atoms with Gasteiger partial charge in [0.2, 0.25) is 0 Å². The van der Waals surface area contributed by atoms with Gasteiger partial charge in [0.1, 0.15) is 0 Å². The first-order valence-electron chi connectivity index (χ1n) is 5.43. The van der Waals surface area contributed by atoms with Gasteiger partial charge in [-0.2, -0.15) is 0 Å². The normalized spacial score (nSPS) is 47.5. The molecule has 2 rings (SSSR count). The summed E-state index contributed by atoms with van der Waals surface area (Å²) in [4.78, 5) is 0. The van der Waals surface area contributed by atoms with Gasteiger partial charge in [0, 0.05) is 5.54 Å². The molecule has 12 heavy (non-hydrogen) atoms. The molecule has 2 bridgehead atoms. The monoisotopic (exact) mass is 167 g/mol. The molecule has 2 saturated carbocycles. The zero-order chi connectivity index (χ0) is 8.60. The predicted molar refractivity (Wildman–Crippen MR) is 52.1 cm³/mol. The van der Waals surface area contributed by atoms with Crippen LogP contribution in [0.5, 0.6) is 0 Å². The second-order valence-electron chi connectivity index (χ2n) is 5.04. The molecular weight excluding hydrogens is 146 g/mol. The third kappa shape index (κ3) is 1.39. The van der Waals surface area contributed by atoms with Crippen LogP contribution in [0.3, 0.4) is 0 Å². The summed E-state index contributed by atoms with van der Waals surface area (Å²) in [7, 11) is 2.15. The Hall–Kier alpha value is -0.0400. The molecule has 2 aliphatic rings. The van der Waals surface area contributed by atoms with E-state index in [4.69, 9.17) is 0 Å². The number of rotatable bonds is 1. The predicted octanol–water partition coefficient (Wildman–Crippen LogP) is 2.56. The number of nitrogens with one attached hydrogen (secondary N) is 1. The minimum atomic E-state index is 0.542. The van der Waals surface area contributed by atoms with Crippen molar-refractivity contribution in [3.63, 3.8) is 0 Å². The summed E-state index contributed by atoms with van der Waals surface area (Å²) in [6.45, 7) is 2.42. The van der Waals surface area contributed by atoms with E-state index in [-0.39, 0.29) is 0 Å². The molecule has 3 atom stereocenters. The highest BCUT2D eigenvalue weighted by Crippen LogP contribution is 2.44. The lowest BCUT2D eigenvalue weighted by Gasteiger charge is -2.47. The lowest BCUT2D eigenvalue weighted by atomic mass is 9.64. The molecule has 0 aromatic heterocycles. The van der Waals surface area contributed by atoms with Crippen LogP contribution in [-0.4, -0.2) is 12.6 Å². The number of hydrogen-bond acceptors (Lipinski definition) is 1. The highest BCUT2D eigenvalue weighted by Gasteiger charge is 2.40. The van der Waals surface area contributed by atoms with Crippen molar-refractivity contribution in [3.05, 3.63) is 0 Å². The van der Waals surface area contributed by atoms with Gasteiger partial charge in [0.15, 0.2) is 0 Å². The Labute approximate surface area is 75.9 Å². The van der Waals surface area contributed by atoms with Gasteiger partial charge in [-0.3, -0.25) is 0 Å². The van der Waals surface area contributed by atoms with E-state index in [1.165, 1.54) is 38.5 Å². The zero-order valence-electron chi connectivity index (χ0n) is 8.40. The van der Waals surface area contributed by atoms with Gasteiger partial charge in [-0.1, -0.05) is 19.8 Å². The van der Waals surface area contributed by atoms with Crippen LogP contribution in [0.2, 0.25) is 0 Å². The van der Waals surface area contributed by atoms with Crippen LogP contribution in [0.4, 0.5) is 0 Å². The number of hydrogen-bond donors (Lipinski definition) is 1. The Morgan fingerprint density at radius 3 is 2.92 bits per heavy atom. The van der Waals surface area contributed by atoms with Crippen LogP contribution in [0.15, 0.2) is 0 Å². The topological polar surface area (TPSA) is 12.0 Å². The first-order chi connectivity index (χ1) is 5.74. The molecule has 0 radical (unpaired) electrons. The Morgan fingerprint density at radius 2 is 2.17 bits per heavy atom. The Balaban J connectivity index is 2.10. The van der Waals surface area contributed by atoms with Crippen molar-refractivity contribution < 1.29 is 0 Å². The molecule has 0 saturated heterocycles. The summed E-state index contributed by atoms with van der Waals surface area (Å²) in [6, 6.07) is 0. The van der Waals surface area contributed by atoms with E-state index in [0.29, 0.717) is 5.54 Å². The summed E-state index contributed by atoms with van der Waals surface area (Å²) in [5.74, 6) is 1.99. The van der Waals surface area contributed by atoms with E-state index in [1.807, 2.05) is 0 Å². The lowest BCUT2D eigenvalue weighted by molar-refractivity contribution is 0.0907. The van der Waals surface area contributed by atoms with Crippen LogP contribution in [0, 0.1) is 11.8 Å². The summed E-state index contributed by atoms with van der Waals surface area (Å²) in [5, 5.41) is 3.58. The summed E-state index contributed by atoms with van der Waals surface area (Å²) in [5.41, 5.74) is 0.542. The summed E-state index contributed by atoms with van der Waals surface area (Å²) >= 11 is 0. The van der Waals surface area contributed by atoms with Gasteiger partial charge < -0.3 is 5.32 Å². The molecule has 0 aromatic carbocycles. The maximum atomic E-state index is 3.58. The van der Waals surface area contributed by atoms with Gasteiger partial charge in [0.05, 0.1) is 0 Å². The molecule has 0 aromatic rings. The van der Waals surface area contributed by atoms with Gasteiger partial charge in [-0.15, -0.1) is 0 Å². The van der Waals surface area contributed by atoms with Crippen LogP contribution in [0.1, 0.15) is 45.4 Å². The summed E-state index contributed by atoms with van der Waals surface area (Å²) < 4.78 is 0. The minimum Gasteiger partial charge on any atom is -0.314 e. The molecule has 70 valence electrons. The molecule has 2 aliphatic carbocycles.